The number of ketones is 1. The molecule has 0 bridgehead atoms. The number of Topliss-reactive ketones (excluding diaryl/α,β-unsaturated/α-hetero) is 1. The number of halogens is 2. The highest BCUT2D eigenvalue weighted by molar-refractivity contribution is 5.97. The zero-order valence-corrected chi connectivity index (χ0v) is 11.4. The van der Waals surface area contributed by atoms with E-state index in [9.17, 15) is 13.6 Å². The maximum atomic E-state index is 13.2. The summed E-state index contributed by atoms with van der Waals surface area (Å²) >= 11 is 0. The highest BCUT2D eigenvalue weighted by Crippen LogP contribution is 2.20. The van der Waals surface area contributed by atoms with Gasteiger partial charge in [0.15, 0.2) is 17.4 Å². The molecule has 1 aromatic heterocycles. The molecule has 3 aromatic rings. The number of carbonyl (C=O) groups excluding carboxylic acids is 1. The number of hydrogen-bond donors (Lipinski definition) is 0. The highest BCUT2D eigenvalue weighted by atomic mass is 19.2. The molecule has 2 aromatic carbocycles. The smallest absolute Gasteiger partial charge is 0.182 e. The summed E-state index contributed by atoms with van der Waals surface area (Å²) in [6.07, 6.45) is 0. The van der Waals surface area contributed by atoms with E-state index in [4.69, 9.17) is 0 Å². The fourth-order valence-corrected chi connectivity index (χ4v) is 2.46. The van der Waals surface area contributed by atoms with E-state index >= 15 is 0 Å². The molecule has 0 amide bonds. The molecule has 2 nitrogen and oxygen atoms in total. The minimum absolute atomic E-state index is 0.102. The third-order valence-corrected chi connectivity index (χ3v) is 3.56. The average Bonchev–Trinajstić information content (AvgIpc) is 2.78. The van der Waals surface area contributed by atoms with E-state index in [1.54, 1.807) is 0 Å². The molecule has 21 heavy (non-hydrogen) atoms. The summed E-state index contributed by atoms with van der Waals surface area (Å²) in [6, 6.07) is 13.0. The van der Waals surface area contributed by atoms with Crippen LogP contribution in [0.5, 0.6) is 0 Å². The van der Waals surface area contributed by atoms with Crippen molar-refractivity contribution in [3.8, 4) is 0 Å². The van der Waals surface area contributed by atoms with E-state index in [0.29, 0.717) is 0 Å². The van der Waals surface area contributed by atoms with E-state index in [0.717, 1.165) is 28.7 Å². The Kier molecular flexibility index (Phi) is 3.29. The summed E-state index contributed by atoms with van der Waals surface area (Å²) in [7, 11) is 0. The predicted octanol–water partition coefficient (Wildman–Crippen LogP) is 4.11. The average molecular weight is 285 g/mol. The van der Waals surface area contributed by atoms with Crippen LogP contribution >= 0.6 is 0 Å². The minimum Gasteiger partial charge on any atom is -0.337 e. The van der Waals surface area contributed by atoms with E-state index in [1.807, 2.05) is 41.8 Å². The van der Waals surface area contributed by atoms with E-state index in [2.05, 4.69) is 0 Å². The number of fused-ring (bicyclic) bond motifs is 1. The molecule has 0 saturated carbocycles. The molecule has 0 aliphatic heterocycles. The van der Waals surface area contributed by atoms with Crippen LogP contribution in [0.1, 0.15) is 16.1 Å². The second-order valence-electron chi connectivity index (χ2n) is 4.98. The molecule has 0 atom stereocenters. The molecule has 0 radical (unpaired) electrons. The molecular weight excluding hydrogens is 272 g/mol. The van der Waals surface area contributed by atoms with Crippen molar-refractivity contribution in [2.45, 2.75) is 13.5 Å². The quantitative estimate of drug-likeness (QED) is 0.664. The van der Waals surface area contributed by atoms with Gasteiger partial charge in [-0.2, -0.15) is 0 Å². The Morgan fingerprint density at radius 3 is 2.57 bits per heavy atom. The van der Waals surface area contributed by atoms with Crippen molar-refractivity contribution in [2.75, 3.05) is 0 Å². The topological polar surface area (TPSA) is 22.0 Å². The van der Waals surface area contributed by atoms with Gasteiger partial charge in [-0.3, -0.25) is 4.79 Å². The van der Waals surface area contributed by atoms with Crippen LogP contribution < -0.4 is 0 Å². The lowest BCUT2D eigenvalue weighted by Crippen LogP contribution is -2.12. The Hall–Kier alpha value is -2.49. The van der Waals surface area contributed by atoms with Crippen molar-refractivity contribution >= 4 is 16.7 Å². The van der Waals surface area contributed by atoms with Gasteiger partial charge < -0.3 is 4.57 Å². The van der Waals surface area contributed by atoms with Gasteiger partial charge in [0.1, 0.15) is 0 Å². The monoisotopic (exact) mass is 285 g/mol. The lowest BCUT2D eigenvalue weighted by molar-refractivity contribution is 0.0972. The highest BCUT2D eigenvalue weighted by Gasteiger charge is 2.13. The first kappa shape index (κ1) is 13.5. The van der Waals surface area contributed by atoms with Gasteiger partial charge in [-0.05, 0) is 42.6 Å². The molecule has 0 aliphatic rings. The Balaban J connectivity index is 1.96. The molecular formula is C17H13F2NO. The Labute approximate surface area is 120 Å². The van der Waals surface area contributed by atoms with Gasteiger partial charge in [0.2, 0.25) is 0 Å². The van der Waals surface area contributed by atoms with Gasteiger partial charge >= 0.3 is 0 Å². The second-order valence-corrected chi connectivity index (χ2v) is 4.98. The van der Waals surface area contributed by atoms with Crippen molar-refractivity contribution in [1.29, 1.82) is 0 Å². The molecule has 0 spiro atoms. The van der Waals surface area contributed by atoms with E-state index in [1.165, 1.54) is 6.07 Å². The Morgan fingerprint density at radius 1 is 1.05 bits per heavy atom. The largest absolute Gasteiger partial charge is 0.337 e. The van der Waals surface area contributed by atoms with Gasteiger partial charge in [0.05, 0.1) is 6.54 Å². The van der Waals surface area contributed by atoms with Crippen molar-refractivity contribution < 1.29 is 13.6 Å². The van der Waals surface area contributed by atoms with Crippen LogP contribution in [0.15, 0.2) is 48.5 Å². The lowest BCUT2D eigenvalue weighted by atomic mass is 10.1. The number of aryl methyl sites for hydroxylation is 1. The van der Waals surface area contributed by atoms with Crippen LogP contribution in [-0.2, 0) is 6.54 Å². The Bertz CT molecular complexity index is 836. The van der Waals surface area contributed by atoms with Crippen molar-refractivity contribution in [3.05, 3.63) is 71.4 Å². The first-order valence-corrected chi connectivity index (χ1v) is 6.59. The summed E-state index contributed by atoms with van der Waals surface area (Å²) in [6.45, 7) is 2.02. The van der Waals surface area contributed by atoms with E-state index in [-0.39, 0.29) is 17.9 Å². The summed E-state index contributed by atoms with van der Waals surface area (Å²) < 4.78 is 28.0. The van der Waals surface area contributed by atoms with Crippen LogP contribution in [0.4, 0.5) is 8.78 Å². The number of nitrogens with zero attached hydrogens (tertiary/aromatic N) is 1. The second kappa shape index (κ2) is 5.13. The third-order valence-electron chi connectivity index (χ3n) is 3.56. The third kappa shape index (κ3) is 2.44. The summed E-state index contributed by atoms with van der Waals surface area (Å²) in [5.41, 5.74) is 2.07. The van der Waals surface area contributed by atoms with Crippen molar-refractivity contribution in [1.82, 2.24) is 4.57 Å². The SMILES string of the molecule is Cc1cc2ccccc2n1CC(=O)c1ccc(F)c(F)c1. The zero-order valence-electron chi connectivity index (χ0n) is 11.4. The minimum atomic E-state index is -1.00. The summed E-state index contributed by atoms with van der Waals surface area (Å²) in [5.74, 6) is -2.21. The number of carbonyl (C=O) groups is 1. The molecule has 3 rings (SSSR count). The number of para-hydroxylation sites is 1. The fraction of sp³-hybridized carbons (Fsp3) is 0.118. The van der Waals surface area contributed by atoms with Gasteiger partial charge in [-0.1, -0.05) is 18.2 Å². The molecule has 0 N–H and O–H groups in total. The molecule has 0 unspecified atom stereocenters. The number of benzene rings is 2. The molecule has 1 heterocycles. The van der Waals surface area contributed by atoms with Crippen LogP contribution in [0.25, 0.3) is 10.9 Å². The maximum Gasteiger partial charge on any atom is 0.182 e. The number of hydrogen-bond acceptors (Lipinski definition) is 1. The van der Waals surface area contributed by atoms with Crippen LogP contribution in [0.3, 0.4) is 0 Å². The lowest BCUT2D eigenvalue weighted by Gasteiger charge is -2.08. The molecule has 0 fully saturated rings. The van der Waals surface area contributed by atoms with E-state index < -0.39 is 11.6 Å². The molecule has 106 valence electrons. The molecule has 0 aliphatic carbocycles. The summed E-state index contributed by atoms with van der Waals surface area (Å²) in [5, 5.41) is 1.05. The normalized spacial score (nSPS) is 11.0. The van der Waals surface area contributed by atoms with Crippen molar-refractivity contribution in [2.24, 2.45) is 0 Å². The fourth-order valence-electron chi connectivity index (χ4n) is 2.46. The van der Waals surface area contributed by atoms with Crippen LogP contribution in [-0.4, -0.2) is 10.4 Å². The summed E-state index contributed by atoms with van der Waals surface area (Å²) in [4.78, 5) is 12.3. The van der Waals surface area contributed by atoms with Gasteiger partial charge in [0.25, 0.3) is 0 Å². The standard InChI is InChI=1S/C17H13F2NO/c1-11-8-12-4-2-3-5-16(12)20(11)10-17(21)13-6-7-14(18)15(19)9-13/h2-9H,10H2,1H3. The zero-order chi connectivity index (χ0) is 15.0. The van der Waals surface area contributed by atoms with Gasteiger partial charge in [-0.15, -0.1) is 0 Å². The maximum absolute atomic E-state index is 13.2. The van der Waals surface area contributed by atoms with Crippen LogP contribution in [0, 0.1) is 18.6 Å². The molecule has 4 heteroatoms. The first-order chi connectivity index (χ1) is 10.1. The van der Waals surface area contributed by atoms with Crippen molar-refractivity contribution in [3.63, 3.8) is 0 Å². The van der Waals surface area contributed by atoms with Gasteiger partial charge in [-0.25, -0.2) is 8.78 Å². The van der Waals surface area contributed by atoms with Gasteiger partial charge in [0, 0.05) is 16.8 Å². The number of aromatic nitrogens is 1. The molecule has 0 saturated heterocycles. The first-order valence-electron chi connectivity index (χ1n) is 6.59. The Morgan fingerprint density at radius 2 is 1.81 bits per heavy atom. The van der Waals surface area contributed by atoms with Crippen LogP contribution in [0.2, 0.25) is 0 Å². The number of rotatable bonds is 3. The predicted molar refractivity (Wildman–Crippen MR) is 77.4 cm³/mol.